The van der Waals surface area contributed by atoms with E-state index in [0.29, 0.717) is 29.0 Å². The molecule has 4 rings (SSSR count). The zero-order valence-electron chi connectivity index (χ0n) is 18.2. The van der Waals surface area contributed by atoms with Crippen LogP contribution in [0.15, 0.2) is 51.4 Å². The SMILES string of the molecule is Cc1ccc(C(=O)Nc2ccc3oc(C(=O)N(C)Cc4c(C)noc4C)cc3c2)c(F)c1. The van der Waals surface area contributed by atoms with Gasteiger partial charge in [0.15, 0.2) is 5.76 Å². The number of nitrogens with one attached hydrogen (secondary N) is 1. The van der Waals surface area contributed by atoms with Gasteiger partial charge in [0.25, 0.3) is 11.8 Å². The number of halogens is 1. The first-order valence-electron chi connectivity index (χ1n) is 10.0. The molecule has 0 fully saturated rings. The number of benzene rings is 2. The van der Waals surface area contributed by atoms with Crippen molar-refractivity contribution < 1.29 is 22.9 Å². The third-order valence-corrected chi connectivity index (χ3v) is 5.28. The number of aryl methyl sites for hydroxylation is 3. The number of amides is 2. The van der Waals surface area contributed by atoms with Crippen molar-refractivity contribution in [2.24, 2.45) is 0 Å². The van der Waals surface area contributed by atoms with E-state index in [2.05, 4.69) is 10.5 Å². The molecule has 0 unspecified atom stereocenters. The van der Waals surface area contributed by atoms with Crippen LogP contribution in [0.25, 0.3) is 11.0 Å². The van der Waals surface area contributed by atoms with E-state index in [1.54, 1.807) is 51.2 Å². The summed E-state index contributed by atoms with van der Waals surface area (Å²) in [6.45, 7) is 5.71. The van der Waals surface area contributed by atoms with Gasteiger partial charge in [-0.15, -0.1) is 0 Å². The Kier molecular flexibility index (Phi) is 5.52. The van der Waals surface area contributed by atoms with E-state index in [1.165, 1.54) is 17.0 Å². The molecule has 0 spiro atoms. The lowest BCUT2D eigenvalue weighted by molar-refractivity contribution is 0.0755. The first-order chi connectivity index (χ1) is 15.2. The number of hydrogen-bond acceptors (Lipinski definition) is 5. The number of nitrogens with zero attached hydrogens (tertiary/aromatic N) is 2. The number of furan rings is 1. The van der Waals surface area contributed by atoms with Crippen molar-refractivity contribution in [2.75, 3.05) is 12.4 Å². The molecule has 164 valence electrons. The van der Waals surface area contributed by atoms with Gasteiger partial charge in [-0.3, -0.25) is 9.59 Å². The Bertz CT molecular complexity index is 1320. The first-order valence-corrected chi connectivity index (χ1v) is 10.0. The van der Waals surface area contributed by atoms with Crippen molar-refractivity contribution in [1.29, 1.82) is 0 Å². The fourth-order valence-corrected chi connectivity index (χ4v) is 3.45. The van der Waals surface area contributed by atoms with Crippen LogP contribution < -0.4 is 5.32 Å². The number of anilines is 1. The zero-order chi connectivity index (χ0) is 23.0. The average Bonchev–Trinajstić information content (AvgIpc) is 3.31. The van der Waals surface area contributed by atoms with E-state index in [-0.39, 0.29) is 17.2 Å². The van der Waals surface area contributed by atoms with E-state index in [0.717, 1.165) is 16.8 Å². The highest BCUT2D eigenvalue weighted by Gasteiger charge is 2.20. The van der Waals surface area contributed by atoms with Gasteiger partial charge in [-0.25, -0.2) is 4.39 Å². The average molecular weight is 435 g/mol. The number of aromatic nitrogens is 1. The summed E-state index contributed by atoms with van der Waals surface area (Å²) >= 11 is 0. The van der Waals surface area contributed by atoms with Gasteiger partial charge in [0.2, 0.25) is 0 Å². The predicted octanol–water partition coefficient (Wildman–Crippen LogP) is 5.01. The summed E-state index contributed by atoms with van der Waals surface area (Å²) in [4.78, 5) is 26.8. The van der Waals surface area contributed by atoms with Crippen LogP contribution >= 0.6 is 0 Å². The Labute approximate surface area is 183 Å². The molecule has 0 saturated heterocycles. The molecule has 2 amide bonds. The largest absolute Gasteiger partial charge is 0.451 e. The third-order valence-electron chi connectivity index (χ3n) is 5.28. The van der Waals surface area contributed by atoms with Gasteiger partial charge in [-0.1, -0.05) is 11.2 Å². The zero-order valence-corrected chi connectivity index (χ0v) is 18.2. The van der Waals surface area contributed by atoms with E-state index in [1.807, 2.05) is 6.92 Å². The van der Waals surface area contributed by atoms with Gasteiger partial charge < -0.3 is 19.2 Å². The van der Waals surface area contributed by atoms with Crippen molar-refractivity contribution in [2.45, 2.75) is 27.3 Å². The molecule has 2 aromatic heterocycles. The molecule has 0 bridgehead atoms. The predicted molar refractivity (Wildman–Crippen MR) is 117 cm³/mol. The van der Waals surface area contributed by atoms with Crippen LogP contribution in [0.5, 0.6) is 0 Å². The Morgan fingerprint density at radius 3 is 2.56 bits per heavy atom. The summed E-state index contributed by atoms with van der Waals surface area (Å²) in [6.07, 6.45) is 0. The summed E-state index contributed by atoms with van der Waals surface area (Å²) in [5.74, 6) is -0.602. The Morgan fingerprint density at radius 1 is 1.09 bits per heavy atom. The van der Waals surface area contributed by atoms with Crippen molar-refractivity contribution in [1.82, 2.24) is 10.1 Å². The standard InChI is InChI=1S/C24H22FN3O4/c1-13-5-7-18(20(25)9-13)23(29)26-17-6-8-21-16(10-17)11-22(31-21)24(30)28(4)12-19-14(2)27-32-15(19)3/h5-11H,12H2,1-4H3,(H,26,29). The molecule has 4 aromatic rings. The number of rotatable bonds is 5. The van der Waals surface area contributed by atoms with Gasteiger partial charge in [0.1, 0.15) is 17.2 Å². The minimum atomic E-state index is -0.582. The van der Waals surface area contributed by atoms with E-state index < -0.39 is 11.7 Å². The van der Waals surface area contributed by atoms with Crippen LogP contribution in [0, 0.1) is 26.6 Å². The quantitative estimate of drug-likeness (QED) is 0.476. The maximum Gasteiger partial charge on any atom is 0.289 e. The van der Waals surface area contributed by atoms with Crippen LogP contribution in [0.3, 0.4) is 0 Å². The van der Waals surface area contributed by atoms with E-state index in [9.17, 15) is 14.0 Å². The van der Waals surface area contributed by atoms with Crippen molar-refractivity contribution in [3.8, 4) is 0 Å². The lowest BCUT2D eigenvalue weighted by atomic mass is 10.1. The molecule has 0 aliphatic carbocycles. The van der Waals surface area contributed by atoms with E-state index >= 15 is 0 Å². The number of hydrogen-bond donors (Lipinski definition) is 1. The fraction of sp³-hybridized carbons (Fsp3) is 0.208. The molecule has 2 aromatic carbocycles. The lowest BCUT2D eigenvalue weighted by Gasteiger charge is -2.15. The molecule has 1 N–H and O–H groups in total. The summed E-state index contributed by atoms with van der Waals surface area (Å²) < 4.78 is 24.9. The Hall–Kier alpha value is -3.94. The number of carbonyl (C=O) groups is 2. The molecule has 0 atom stereocenters. The second kappa shape index (κ2) is 8.30. The second-order valence-corrected chi connectivity index (χ2v) is 7.76. The molecule has 7 nitrogen and oxygen atoms in total. The van der Waals surface area contributed by atoms with E-state index in [4.69, 9.17) is 8.94 Å². The highest BCUT2D eigenvalue weighted by Crippen LogP contribution is 2.25. The van der Waals surface area contributed by atoms with Crippen LogP contribution in [-0.4, -0.2) is 28.9 Å². The Morgan fingerprint density at radius 2 is 1.88 bits per heavy atom. The van der Waals surface area contributed by atoms with Crippen LogP contribution in [0.2, 0.25) is 0 Å². The molecule has 32 heavy (non-hydrogen) atoms. The van der Waals surface area contributed by atoms with Crippen molar-refractivity contribution in [3.05, 3.63) is 82.2 Å². The van der Waals surface area contributed by atoms with Gasteiger partial charge >= 0.3 is 0 Å². The van der Waals surface area contributed by atoms with Crippen molar-refractivity contribution in [3.63, 3.8) is 0 Å². The summed E-state index contributed by atoms with van der Waals surface area (Å²) in [6, 6.07) is 11.0. The van der Waals surface area contributed by atoms with Crippen molar-refractivity contribution >= 4 is 28.5 Å². The summed E-state index contributed by atoms with van der Waals surface area (Å²) in [5.41, 5.74) is 3.24. The minimum absolute atomic E-state index is 0.0419. The Balaban J connectivity index is 1.52. The van der Waals surface area contributed by atoms with Gasteiger partial charge in [0.05, 0.1) is 17.8 Å². The highest BCUT2D eigenvalue weighted by molar-refractivity contribution is 6.05. The molecule has 0 aliphatic rings. The van der Waals surface area contributed by atoms with Gasteiger partial charge in [-0.05, 0) is 62.7 Å². The van der Waals surface area contributed by atoms with Crippen LogP contribution in [-0.2, 0) is 6.54 Å². The smallest absolute Gasteiger partial charge is 0.289 e. The molecular formula is C24H22FN3O4. The topological polar surface area (TPSA) is 88.6 Å². The number of carbonyl (C=O) groups excluding carboxylic acids is 2. The molecule has 8 heteroatoms. The maximum absolute atomic E-state index is 14.1. The van der Waals surface area contributed by atoms with Gasteiger partial charge in [0, 0.05) is 23.7 Å². The normalized spacial score (nSPS) is 11.0. The summed E-state index contributed by atoms with van der Waals surface area (Å²) in [5, 5.41) is 7.23. The third kappa shape index (κ3) is 4.12. The number of fused-ring (bicyclic) bond motifs is 1. The minimum Gasteiger partial charge on any atom is -0.451 e. The maximum atomic E-state index is 14.1. The molecule has 0 aliphatic heterocycles. The monoisotopic (exact) mass is 435 g/mol. The lowest BCUT2D eigenvalue weighted by Crippen LogP contribution is -2.26. The highest BCUT2D eigenvalue weighted by atomic mass is 19.1. The molecular weight excluding hydrogens is 413 g/mol. The second-order valence-electron chi connectivity index (χ2n) is 7.76. The molecule has 0 radical (unpaired) electrons. The first kappa shape index (κ1) is 21.3. The molecule has 2 heterocycles. The van der Waals surface area contributed by atoms with Crippen LogP contribution in [0.1, 0.15) is 43.5 Å². The fourth-order valence-electron chi connectivity index (χ4n) is 3.45. The van der Waals surface area contributed by atoms with Crippen LogP contribution in [0.4, 0.5) is 10.1 Å². The molecule has 0 saturated carbocycles. The summed E-state index contributed by atoms with van der Waals surface area (Å²) in [7, 11) is 1.67. The van der Waals surface area contributed by atoms with Gasteiger partial charge in [-0.2, -0.15) is 0 Å².